The number of para-hydroxylation sites is 1. The number of carbonyl (C=O) groups is 2. The zero-order valence-corrected chi connectivity index (χ0v) is 25.7. The second-order valence-corrected chi connectivity index (χ2v) is 11.5. The first kappa shape index (κ1) is 31.0. The third kappa shape index (κ3) is 7.57. The molecule has 0 aliphatic rings. The molecule has 0 radical (unpaired) electrons. The van der Waals surface area contributed by atoms with E-state index in [2.05, 4.69) is 42.5 Å². The van der Waals surface area contributed by atoms with E-state index in [4.69, 9.17) is 4.74 Å². The van der Waals surface area contributed by atoms with Crippen molar-refractivity contribution in [1.82, 2.24) is 30.4 Å². The fourth-order valence-corrected chi connectivity index (χ4v) is 5.18. The molecule has 0 bridgehead atoms. The Balaban J connectivity index is 1.48. The molecule has 10 nitrogen and oxygen atoms in total. The number of aryl methyl sites for hydroxylation is 2. The highest BCUT2D eigenvalue weighted by atomic mass is 16.5. The largest absolute Gasteiger partial charge is 0.497 e. The third-order valence-corrected chi connectivity index (χ3v) is 7.84. The number of nitrogens with one attached hydrogen (secondary N) is 3. The number of ether oxygens (including phenoxy) is 1. The van der Waals surface area contributed by atoms with Gasteiger partial charge in [-0.25, -0.2) is 0 Å². The van der Waals surface area contributed by atoms with Gasteiger partial charge in [-0.05, 0) is 55.2 Å². The van der Waals surface area contributed by atoms with Crippen LogP contribution in [0.3, 0.4) is 0 Å². The number of aromatic amines is 1. The van der Waals surface area contributed by atoms with E-state index < -0.39 is 23.3 Å². The number of carbonyl (C=O) groups excluding carboxylic acids is 2. The van der Waals surface area contributed by atoms with Crippen molar-refractivity contribution in [3.8, 4) is 11.8 Å². The van der Waals surface area contributed by atoms with Gasteiger partial charge in [-0.2, -0.15) is 5.26 Å². The van der Waals surface area contributed by atoms with Gasteiger partial charge in [0.05, 0.1) is 32.3 Å². The Bertz CT molecular complexity index is 1800. The van der Waals surface area contributed by atoms with Crippen molar-refractivity contribution in [3.05, 3.63) is 113 Å². The molecule has 5 rings (SSSR count). The zero-order valence-electron chi connectivity index (χ0n) is 25.7. The lowest BCUT2D eigenvalue weighted by atomic mass is 9.95. The summed E-state index contributed by atoms with van der Waals surface area (Å²) in [5.74, 6) is 1.26. The fourth-order valence-electron chi connectivity index (χ4n) is 5.18. The number of amides is 2. The SMILES string of the molecule is COc1ccc(Cn2c(CCc3ccccc3)nnc2[C@@H](Cc2c[nH]c3ccccc23)NC(=O)CNC(=O)C(C)(C)C#N)cc1. The van der Waals surface area contributed by atoms with Crippen molar-refractivity contribution in [2.24, 2.45) is 5.41 Å². The van der Waals surface area contributed by atoms with Gasteiger partial charge in [0, 0.05) is 29.9 Å². The third-order valence-electron chi connectivity index (χ3n) is 7.84. The van der Waals surface area contributed by atoms with Crippen LogP contribution in [0.25, 0.3) is 10.9 Å². The van der Waals surface area contributed by atoms with Crippen molar-refractivity contribution >= 4 is 22.7 Å². The topological polar surface area (TPSA) is 138 Å². The number of rotatable bonds is 13. The minimum Gasteiger partial charge on any atom is -0.497 e. The molecule has 0 unspecified atom stereocenters. The molecule has 0 saturated heterocycles. The highest BCUT2D eigenvalue weighted by molar-refractivity contribution is 5.89. The second kappa shape index (κ2) is 13.9. The van der Waals surface area contributed by atoms with Crippen LogP contribution in [-0.4, -0.2) is 45.2 Å². The maximum absolute atomic E-state index is 13.3. The Morgan fingerprint density at radius 3 is 2.44 bits per heavy atom. The van der Waals surface area contributed by atoms with Crippen molar-refractivity contribution in [2.75, 3.05) is 13.7 Å². The zero-order chi connectivity index (χ0) is 31.8. The maximum atomic E-state index is 13.3. The normalized spacial score (nSPS) is 12.0. The Labute approximate surface area is 262 Å². The van der Waals surface area contributed by atoms with E-state index in [-0.39, 0.29) is 6.54 Å². The molecule has 0 spiro atoms. The van der Waals surface area contributed by atoms with Gasteiger partial charge in [0.15, 0.2) is 5.82 Å². The van der Waals surface area contributed by atoms with E-state index in [1.165, 1.54) is 19.4 Å². The number of aromatic nitrogens is 4. The number of benzene rings is 3. The molecule has 230 valence electrons. The molecule has 1 atom stereocenters. The van der Waals surface area contributed by atoms with E-state index in [1.807, 2.05) is 79.0 Å². The van der Waals surface area contributed by atoms with Crippen LogP contribution >= 0.6 is 0 Å². The van der Waals surface area contributed by atoms with Gasteiger partial charge < -0.3 is 24.9 Å². The van der Waals surface area contributed by atoms with Gasteiger partial charge in [-0.3, -0.25) is 9.59 Å². The molecule has 0 aliphatic carbocycles. The van der Waals surface area contributed by atoms with Crippen LogP contribution in [0.5, 0.6) is 5.75 Å². The summed E-state index contributed by atoms with van der Waals surface area (Å²) in [5, 5.41) is 25.3. The van der Waals surface area contributed by atoms with Crippen LogP contribution in [-0.2, 0) is 35.4 Å². The highest BCUT2D eigenvalue weighted by Gasteiger charge is 2.29. The van der Waals surface area contributed by atoms with Gasteiger partial charge >= 0.3 is 0 Å². The molecule has 10 heteroatoms. The summed E-state index contributed by atoms with van der Waals surface area (Å²) in [6, 6.07) is 27.5. The predicted molar refractivity (Wildman–Crippen MR) is 171 cm³/mol. The van der Waals surface area contributed by atoms with Crippen LogP contribution < -0.4 is 15.4 Å². The van der Waals surface area contributed by atoms with E-state index in [9.17, 15) is 14.9 Å². The highest BCUT2D eigenvalue weighted by Crippen LogP contribution is 2.26. The lowest BCUT2D eigenvalue weighted by Gasteiger charge is -2.21. The number of fused-ring (bicyclic) bond motifs is 1. The fraction of sp³-hybridized carbons (Fsp3) is 0.286. The molecule has 0 saturated carbocycles. The Morgan fingerprint density at radius 1 is 0.978 bits per heavy atom. The molecule has 2 aromatic heterocycles. The van der Waals surface area contributed by atoms with Crippen LogP contribution in [0.4, 0.5) is 0 Å². The Kier molecular flexibility index (Phi) is 9.58. The van der Waals surface area contributed by atoms with Crippen molar-refractivity contribution in [1.29, 1.82) is 5.26 Å². The summed E-state index contributed by atoms with van der Waals surface area (Å²) in [7, 11) is 1.64. The average Bonchev–Trinajstić information content (AvgIpc) is 3.66. The number of H-pyrrole nitrogens is 1. The maximum Gasteiger partial charge on any atom is 0.240 e. The van der Waals surface area contributed by atoms with Gasteiger partial charge in [-0.15, -0.1) is 10.2 Å². The first-order valence-corrected chi connectivity index (χ1v) is 14.9. The van der Waals surface area contributed by atoms with Gasteiger partial charge in [0.25, 0.3) is 0 Å². The van der Waals surface area contributed by atoms with Crippen molar-refractivity contribution in [3.63, 3.8) is 0 Å². The molecule has 5 aromatic rings. The quantitative estimate of drug-likeness (QED) is 0.179. The number of nitrogens with zero attached hydrogens (tertiary/aromatic N) is 4. The predicted octanol–water partition coefficient (Wildman–Crippen LogP) is 4.67. The van der Waals surface area contributed by atoms with Crippen molar-refractivity contribution < 1.29 is 14.3 Å². The summed E-state index contributed by atoms with van der Waals surface area (Å²) < 4.78 is 7.42. The Morgan fingerprint density at radius 2 is 1.71 bits per heavy atom. The summed E-state index contributed by atoms with van der Waals surface area (Å²) in [6.45, 7) is 3.24. The standard InChI is InChI=1S/C35H37N7O3/c1-35(2,23-36)34(44)38-21-32(43)39-30(19-26-20-37-29-12-8-7-11-28(26)29)33-41-40-31(18-15-24-9-5-4-6-10-24)42(33)22-25-13-16-27(45-3)17-14-25/h4-14,16-17,20,30,37H,15,18-19,21-22H2,1-3H3,(H,38,44)(H,39,43)/t30-/m1/s1. The second-order valence-electron chi connectivity index (χ2n) is 11.5. The number of hydrogen-bond acceptors (Lipinski definition) is 6. The van der Waals surface area contributed by atoms with E-state index in [0.717, 1.165) is 40.0 Å². The van der Waals surface area contributed by atoms with Crippen LogP contribution in [0.2, 0.25) is 0 Å². The van der Waals surface area contributed by atoms with Crippen LogP contribution in [0.15, 0.2) is 85.1 Å². The van der Waals surface area contributed by atoms with Crippen molar-refractivity contribution in [2.45, 2.75) is 45.7 Å². The van der Waals surface area contributed by atoms with Crippen LogP contribution in [0.1, 0.15) is 48.2 Å². The van der Waals surface area contributed by atoms with E-state index in [0.29, 0.717) is 25.2 Å². The minimum atomic E-state index is -1.25. The molecular weight excluding hydrogens is 566 g/mol. The van der Waals surface area contributed by atoms with E-state index in [1.54, 1.807) is 7.11 Å². The minimum absolute atomic E-state index is 0.276. The summed E-state index contributed by atoms with van der Waals surface area (Å²) in [4.78, 5) is 29.1. The average molecular weight is 604 g/mol. The number of hydrogen-bond donors (Lipinski definition) is 3. The van der Waals surface area contributed by atoms with Gasteiger partial charge in [-0.1, -0.05) is 60.7 Å². The molecule has 45 heavy (non-hydrogen) atoms. The number of methoxy groups -OCH3 is 1. The summed E-state index contributed by atoms with van der Waals surface area (Å²) in [6.07, 6.45) is 3.82. The molecule has 0 fully saturated rings. The smallest absolute Gasteiger partial charge is 0.240 e. The first-order chi connectivity index (χ1) is 21.8. The summed E-state index contributed by atoms with van der Waals surface area (Å²) >= 11 is 0. The monoisotopic (exact) mass is 603 g/mol. The Hall–Kier alpha value is -5.43. The van der Waals surface area contributed by atoms with E-state index >= 15 is 0 Å². The first-order valence-electron chi connectivity index (χ1n) is 14.9. The molecule has 2 amide bonds. The summed E-state index contributed by atoms with van der Waals surface area (Å²) in [5.41, 5.74) is 2.97. The van der Waals surface area contributed by atoms with Gasteiger partial charge in [0.1, 0.15) is 17.0 Å². The number of nitriles is 1. The molecule has 2 heterocycles. The molecular formula is C35H37N7O3. The molecule has 0 aliphatic heterocycles. The lowest BCUT2D eigenvalue weighted by molar-refractivity contribution is -0.130. The molecule has 3 aromatic carbocycles. The van der Waals surface area contributed by atoms with Gasteiger partial charge in [0.2, 0.25) is 11.8 Å². The molecule has 3 N–H and O–H groups in total. The lowest BCUT2D eigenvalue weighted by Crippen LogP contribution is -2.43. The van der Waals surface area contributed by atoms with Crippen LogP contribution in [0, 0.1) is 16.7 Å².